The zero-order valence-electron chi connectivity index (χ0n) is 38.1. The molecule has 0 aliphatic heterocycles. The summed E-state index contributed by atoms with van der Waals surface area (Å²) in [6, 6.07) is 43.3. The second kappa shape index (κ2) is 17.5. The Balaban J connectivity index is 0.766. The minimum Gasteiger partial charge on any atom is -0.454 e. The molecule has 8 nitrogen and oxygen atoms in total. The molecule has 354 valence electrons. The molecule has 13 rings (SSSR count). The van der Waals surface area contributed by atoms with Gasteiger partial charge in [-0.15, -0.1) is 0 Å². The number of furan rings is 2. The number of fused-ring (bicyclic) bond motifs is 6. The number of rotatable bonds is 8. The summed E-state index contributed by atoms with van der Waals surface area (Å²) in [5.41, 5.74) is 12.0. The zero-order valence-corrected chi connectivity index (χ0v) is 38.1. The van der Waals surface area contributed by atoms with Crippen molar-refractivity contribution in [2.45, 2.75) is 0 Å². The number of benzene rings is 5. The molecule has 0 unspecified atom stereocenters. The molecule has 8 aromatic heterocycles. The first-order chi connectivity index (χ1) is 36.1. The SMILES string of the molecule is Fc1cc(F)c(-c2ccc(-c3cccc(-c4ccc5oc6c(-c7ccc(-c8ccnc9c8oc8ccc(-c%10cccc(-c%11ccc(-c%12c(F)cc(F)cc%12F)cn%11)n%10)cc89)cc7)ccnc6c5c4)n3)nc2)c(F)c1. The van der Waals surface area contributed by atoms with Gasteiger partial charge in [-0.05, 0) is 96.1 Å². The lowest BCUT2D eigenvalue weighted by Gasteiger charge is -2.08. The summed E-state index contributed by atoms with van der Waals surface area (Å²) < 4.78 is 97.9. The predicted molar refractivity (Wildman–Crippen MR) is 271 cm³/mol. The third-order valence-corrected chi connectivity index (χ3v) is 12.9. The van der Waals surface area contributed by atoms with Gasteiger partial charge in [0, 0.05) is 93.2 Å². The van der Waals surface area contributed by atoms with Crippen LogP contribution in [0.25, 0.3) is 134 Å². The van der Waals surface area contributed by atoms with Gasteiger partial charge >= 0.3 is 0 Å². The molecule has 0 aliphatic rings. The lowest BCUT2D eigenvalue weighted by molar-refractivity contribution is 0.547. The van der Waals surface area contributed by atoms with Gasteiger partial charge in [-0.3, -0.25) is 19.9 Å². The summed E-state index contributed by atoms with van der Waals surface area (Å²) >= 11 is 0. The maximum absolute atomic E-state index is 14.5. The zero-order chi connectivity index (χ0) is 50.2. The van der Waals surface area contributed by atoms with E-state index < -0.39 is 34.9 Å². The number of halogens is 6. The van der Waals surface area contributed by atoms with Crippen LogP contribution in [0.2, 0.25) is 0 Å². The standard InChI is InChI=1S/C60H30F6N6O2/c61-37-25-43(63)55(44(64)26-37)35-11-15-49(69-29-35)51-5-1-3-47(71-51)33-13-17-53-41(23-33)57-59(73-53)39(19-21-67-57)31-7-9-32(10-8-31)40-20-22-68-58-42-24-34(14-18-54(42)74-60(40)58)48-4-2-6-52(72-48)50-16-12-36(30-70-50)56-45(65)27-38(62)28-46(56)66/h1-30H. The first-order valence-corrected chi connectivity index (χ1v) is 23.0. The Labute approximate surface area is 415 Å². The molecule has 0 fully saturated rings. The van der Waals surface area contributed by atoms with E-state index in [2.05, 4.69) is 9.97 Å². The number of hydrogen-bond donors (Lipinski definition) is 0. The van der Waals surface area contributed by atoms with Gasteiger partial charge in [0.2, 0.25) is 0 Å². The van der Waals surface area contributed by atoms with Crippen molar-refractivity contribution in [2.24, 2.45) is 0 Å². The van der Waals surface area contributed by atoms with Crippen molar-refractivity contribution < 1.29 is 35.2 Å². The Bertz CT molecular complexity index is 4060. The van der Waals surface area contributed by atoms with Gasteiger partial charge in [0.1, 0.15) is 57.1 Å². The average Bonchev–Trinajstić information content (AvgIpc) is 4.00. The van der Waals surface area contributed by atoms with Crippen LogP contribution in [0.3, 0.4) is 0 Å². The van der Waals surface area contributed by atoms with Crippen molar-refractivity contribution >= 4 is 44.1 Å². The largest absolute Gasteiger partial charge is 0.454 e. The second-order valence-electron chi connectivity index (χ2n) is 17.4. The van der Waals surface area contributed by atoms with E-state index >= 15 is 0 Å². The normalized spacial score (nSPS) is 11.6. The Kier molecular flexibility index (Phi) is 10.4. The van der Waals surface area contributed by atoms with Crippen molar-refractivity contribution in [3.63, 3.8) is 0 Å². The van der Waals surface area contributed by atoms with Gasteiger partial charge in [0.25, 0.3) is 0 Å². The highest BCUT2D eigenvalue weighted by atomic mass is 19.2. The molecule has 0 amide bonds. The molecule has 74 heavy (non-hydrogen) atoms. The molecule has 0 spiro atoms. The monoisotopic (exact) mass is 980 g/mol. The van der Waals surface area contributed by atoms with Crippen LogP contribution >= 0.6 is 0 Å². The smallest absolute Gasteiger partial charge is 0.161 e. The van der Waals surface area contributed by atoms with Gasteiger partial charge in [0.15, 0.2) is 11.2 Å². The van der Waals surface area contributed by atoms with Crippen LogP contribution < -0.4 is 0 Å². The highest BCUT2D eigenvalue weighted by Crippen LogP contribution is 2.40. The average molecular weight is 981 g/mol. The van der Waals surface area contributed by atoms with E-state index in [1.54, 1.807) is 36.7 Å². The molecule has 0 atom stereocenters. The van der Waals surface area contributed by atoms with Crippen molar-refractivity contribution in [3.05, 3.63) is 217 Å². The molecule has 14 heteroatoms. The number of pyridine rings is 6. The van der Waals surface area contributed by atoms with Gasteiger partial charge in [-0.1, -0.05) is 48.5 Å². The summed E-state index contributed by atoms with van der Waals surface area (Å²) in [5.74, 6) is -6.06. The van der Waals surface area contributed by atoms with E-state index in [0.717, 1.165) is 44.2 Å². The fourth-order valence-electron chi connectivity index (χ4n) is 9.42. The summed E-state index contributed by atoms with van der Waals surface area (Å²) in [5, 5.41) is 1.60. The number of hydrogen-bond acceptors (Lipinski definition) is 8. The van der Waals surface area contributed by atoms with E-state index in [-0.39, 0.29) is 22.3 Å². The third-order valence-electron chi connectivity index (χ3n) is 12.9. The quantitative estimate of drug-likeness (QED) is 0.139. The van der Waals surface area contributed by atoms with Gasteiger partial charge in [-0.25, -0.2) is 36.3 Å². The maximum atomic E-state index is 14.5. The number of aromatic nitrogens is 6. The van der Waals surface area contributed by atoms with Crippen LogP contribution in [0.1, 0.15) is 0 Å². The third kappa shape index (κ3) is 7.67. The van der Waals surface area contributed by atoms with E-state index in [0.29, 0.717) is 91.8 Å². The predicted octanol–water partition coefficient (Wildman–Crippen LogP) is 16.0. The minimum atomic E-state index is -1.02. The fourth-order valence-corrected chi connectivity index (χ4v) is 9.42. The van der Waals surface area contributed by atoms with Crippen LogP contribution in [-0.2, 0) is 0 Å². The lowest BCUT2D eigenvalue weighted by atomic mass is 9.99. The van der Waals surface area contributed by atoms with E-state index in [1.165, 1.54) is 24.5 Å². The Morgan fingerprint density at radius 3 is 1.09 bits per heavy atom. The van der Waals surface area contributed by atoms with Crippen molar-refractivity contribution in [1.82, 2.24) is 29.9 Å². The molecule has 0 radical (unpaired) electrons. The first-order valence-electron chi connectivity index (χ1n) is 23.0. The van der Waals surface area contributed by atoms with Crippen LogP contribution in [0, 0.1) is 34.9 Å². The molecular weight excluding hydrogens is 951 g/mol. The molecule has 5 aromatic carbocycles. The lowest BCUT2D eigenvalue weighted by Crippen LogP contribution is -1.94. The molecule has 0 saturated heterocycles. The van der Waals surface area contributed by atoms with Crippen molar-refractivity contribution in [3.8, 4) is 89.8 Å². The second-order valence-corrected chi connectivity index (χ2v) is 17.4. The van der Waals surface area contributed by atoms with Gasteiger partial charge < -0.3 is 8.83 Å². The van der Waals surface area contributed by atoms with Gasteiger partial charge in [-0.2, -0.15) is 0 Å². The van der Waals surface area contributed by atoms with Crippen LogP contribution in [-0.4, -0.2) is 29.9 Å². The molecular formula is C60H30F6N6O2. The maximum Gasteiger partial charge on any atom is 0.161 e. The molecule has 0 bridgehead atoms. The fraction of sp³-hybridized carbons (Fsp3) is 0. The highest BCUT2D eigenvalue weighted by molar-refractivity contribution is 6.10. The summed E-state index contributed by atoms with van der Waals surface area (Å²) in [6.07, 6.45) is 6.17. The molecule has 0 aliphatic carbocycles. The van der Waals surface area contributed by atoms with Crippen molar-refractivity contribution in [1.29, 1.82) is 0 Å². The van der Waals surface area contributed by atoms with Crippen molar-refractivity contribution in [2.75, 3.05) is 0 Å². The van der Waals surface area contributed by atoms with E-state index in [4.69, 9.17) is 28.8 Å². The molecule has 8 heterocycles. The van der Waals surface area contributed by atoms with Crippen LogP contribution in [0.4, 0.5) is 26.3 Å². The Morgan fingerprint density at radius 2 is 0.703 bits per heavy atom. The van der Waals surface area contributed by atoms with Crippen LogP contribution in [0.5, 0.6) is 0 Å². The summed E-state index contributed by atoms with van der Waals surface area (Å²) in [4.78, 5) is 28.0. The Morgan fingerprint density at radius 1 is 0.324 bits per heavy atom. The first kappa shape index (κ1) is 44.1. The van der Waals surface area contributed by atoms with Gasteiger partial charge in [0.05, 0.1) is 45.3 Å². The number of nitrogens with zero attached hydrogens (tertiary/aromatic N) is 6. The molecule has 0 saturated carbocycles. The van der Waals surface area contributed by atoms with Crippen LogP contribution in [0.15, 0.2) is 191 Å². The summed E-state index contributed by atoms with van der Waals surface area (Å²) in [7, 11) is 0. The molecule has 13 aromatic rings. The molecule has 0 N–H and O–H groups in total. The highest BCUT2D eigenvalue weighted by Gasteiger charge is 2.20. The topological polar surface area (TPSA) is 104 Å². The minimum absolute atomic E-state index is 0.169. The van der Waals surface area contributed by atoms with E-state index in [1.807, 2.05) is 97.1 Å². The van der Waals surface area contributed by atoms with E-state index in [9.17, 15) is 26.3 Å². The Hall–Kier alpha value is -9.82. The summed E-state index contributed by atoms with van der Waals surface area (Å²) in [6.45, 7) is 0.